The summed E-state index contributed by atoms with van der Waals surface area (Å²) < 4.78 is 40.0. The van der Waals surface area contributed by atoms with Crippen LogP contribution in [0.4, 0.5) is 0 Å². The Labute approximate surface area is 818 Å². The standard InChI is InChI=1S/C70H50O2.C28H29BO3.C26H16Br2.C4H8O/c1-43-15-23-49(24-16-43)67-59-37-33-55(41-63(59)71-69(67)51-27-19-45(3)20-28-51)53-31-35-57-61(39-53)65(47-11-7-5-8-12-47)58-36-32-54(40-62(58)66(57)48-13-9-6-10-14-48)56-34-38-60-64(42-56)72-70(52-29-21-46(4)22-30-52)68(60)50-25-17-44(2)18-26-50;1-18-7-11-20(12-8-18)25-23-16-15-22(29-31-27(3,4)28(5,6)32-29)17-24(23)30-26(25)21-13-9-19(2)10-14-21;27-19-12-14-22-23(15-19)25(17-7-3-1-4-8-17)21-13-11-20(28)16-24(21)26(22)18-9-5-2-6-10-18;1-2-4-5-3-1/h5-42H,1-4H3;7-17H,1-6H3;1-16H;1-4H2. The Hall–Kier alpha value is -14.3. The Kier molecular flexibility index (Phi) is 24.6. The normalized spacial score (nSPS) is 13.3. The molecule has 5 heterocycles. The highest BCUT2D eigenvalue weighted by molar-refractivity contribution is 9.10. The van der Waals surface area contributed by atoms with Crippen molar-refractivity contribution in [3.05, 3.63) is 437 Å². The number of halogens is 2. The van der Waals surface area contributed by atoms with Crippen LogP contribution >= 0.6 is 31.9 Å². The van der Waals surface area contributed by atoms with Gasteiger partial charge in [0.15, 0.2) is 0 Å². The molecule has 2 fully saturated rings. The van der Waals surface area contributed by atoms with Gasteiger partial charge in [-0.3, -0.25) is 0 Å². The summed E-state index contributed by atoms with van der Waals surface area (Å²) in [5, 5.41) is 13.1. The third kappa shape index (κ3) is 17.8. The lowest BCUT2D eigenvalue weighted by molar-refractivity contribution is 0.00578. The number of ether oxygens (including phenoxy) is 1. The predicted octanol–water partition coefficient (Wildman–Crippen LogP) is 36.4. The fraction of sp³-hybridized carbons (Fsp3) is 0.125. The van der Waals surface area contributed by atoms with E-state index in [2.05, 4.69) is 495 Å². The maximum atomic E-state index is 6.91. The number of fused-ring (bicyclic) bond motifs is 7. The fourth-order valence-electron chi connectivity index (χ4n) is 19.5. The van der Waals surface area contributed by atoms with Crippen LogP contribution in [-0.2, 0) is 14.0 Å². The minimum Gasteiger partial charge on any atom is -0.455 e. The highest BCUT2D eigenvalue weighted by atomic mass is 79.9. The van der Waals surface area contributed by atoms with Crippen LogP contribution in [0.2, 0.25) is 0 Å². The molecule has 22 aromatic rings. The second-order valence-corrected chi connectivity index (χ2v) is 39.4. The van der Waals surface area contributed by atoms with Gasteiger partial charge >= 0.3 is 7.12 Å². The molecule has 19 aromatic carbocycles. The lowest BCUT2D eigenvalue weighted by Crippen LogP contribution is -2.41. The monoisotopic (exact) mass is 1900 g/mol. The van der Waals surface area contributed by atoms with Crippen molar-refractivity contribution >= 4 is 120 Å². The lowest BCUT2D eigenvalue weighted by atomic mass is 9.78. The van der Waals surface area contributed by atoms with Crippen LogP contribution in [0.5, 0.6) is 0 Å². The van der Waals surface area contributed by atoms with E-state index in [9.17, 15) is 0 Å². The van der Waals surface area contributed by atoms with Gasteiger partial charge in [-0.25, -0.2) is 0 Å². The van der Waals surface area contributed by atoms with Crippen LogP contribution in [0.25, 0.3) is 210 Å². The first-order valence-corrected chi connectivity index (χ1v) is 48.9. The molecule has 0 spiro atoms. The lowest BCUT2D eigenvalue weighted by Gasteiger charge is -2.32. The van der Waals surface area contributed by atoms with Gasteiger partial charge in [0.05, 0.1) is 11.2 Å². The van der Waals surface area contributed by atoms with Crippen LogP contribution in [0.1, 0.15) is 73.9 Å². The molecule has 2 aliphatic rings. The molecule has 6 nitrogen and oxygen atoms in total. The molecule has 24 rings (SSSR count). The van der Waals surface area contributed by atoms with Crippen molar-refractivity contribution in [1.29, 1.82) is 0 Å². The van der Waals surface area contributed by atoms with Crippen LogP contribution in [0.3, 0.4) is 0 Å². The topological polar surface area (TPSA) is 67.1 Å². The summed E-state index contributed by atoms with van der Waals surface area (Å²) in [7, 11) is -0.417. The fourth-order valence-corrected chi connectivity index (χ4v) is 20.2. The molecule has 668 valence electrons. The first kappa shape index (κ1) is 89.3. The van der Waals surface area contributed by atoms with Crippen molar-refractivity contribution in [3.63, 3.8) is 0 Å². The minimum atomic E-state index is -0.417. The van der Waals surface area contributed by atoms with E-state index in [0.717, 1.165) is 150 Å². The van der Waals surface area contributed by atoms with Crippen molar-refractivity contribution in [2.24, 2.45) is 0 Å². The Morgan fingerprint density at radius 1 is 0.212 bits per heavy atom. The molecular formula is C128H103BBr2O6. The average molecular weight is 1910 g/mol. The molecule has 0 N–H and O–H groups in total. The number of rotatable bonds is 13. The summed E-state index contributed by atoms with van der Waals surface area (Å²) in [6.45, 7) is 23.0. The summed E-state index contributed by atoms with van der Waals surface area (Å²) in [6, 6.07) is 142. The van der Waals surface area contributed by atoms with E-state index >= 15 is 0 Å². The first-order chi connectivity index (χ1) is 66.7. The van der Waals surface area contributed by atoms with Crippen LogP contribution < -0.4 is 5.46 Å². The molecule has 0 unspecified atom stereocenters. The van der Waals surface area contributed by atoms with Crippen LogP contribution in [-0.4, -0.2) is 31.5 Å². The number of benzene rings is 19. The maximum Gasteiger partial charge on any atom is 0.494 e. The van der Waals surface area contributed by atoms with E-state index in [0.29, 0.717) is 0 Å². The van der Waals surface area contributed by atoms with Crippen LogP contribution in [0, 0.1) is 41.5 Å². The minimum absolute atomic E-state index is 0.379. The molecule has 137 heavy (non-hydrogen) atoms. The Morgan fingerprint density at radius 3 is 0.730 bits per heavy atom. The van der Waals surface area contributed by atoms with Gasteiger partial charge in [0, 0.05) is 71.7 Å². The third-order valence-electron chi connectivity index (χ3n) is 27.5. The maximum absolute atomic E-state index is 6.91. The summed E-state index contributed by atoms with van der Waals surface area (Å²) in [4.78, 5) is 0. The largest absolute Gasteiger partial charge is 0.494 e. The summed E-state index contributed by atoms with van der Waals surface area (Å²) >= 11 is 7.38. The zero-order valence-electron chi connectivity index (χ0n) is 78.6. The molecule has 0 amide bonds. The molecule has 9 heteroatoms. The van der Waals surface area contributed by atoms with E-state index < -0.39 is 7.12 Å². The molecule has 0 bridgehead atoms. The number of aryl methyl sites for hydroxylation is 6. The van der Waals surface area contributed by atoms with Crippen molar-refractivity contribution in [1.82, 2.24) is 0 Å². The van der Waals surface area contributed by atoms with E-state index in [1.54, 1.807) is 0 Å². The van der Waals surface area contributed by atoms with Crippen molar-refractivity contribution in [3.8, 4) is 134 Å². The van der Waals surface area contributed by atoms with Gasteiger partial charge in [0.25, 0.3) is 0 Å². The molecular weight excluding hydrogens is 1800 g/mol. The smallest absolute Gasteiger partial charge is 0.455 e. The molecule has 3 aromatic heterocycles. The third-order valence-corrected chi connectivity index (χ3v) is 28.5. The average Bonchev–Trinajstić information content (AvgIpc) is 1.73. The summed E-state index contributed by atoms with van der Waals surface area (Å²) in [5.41, 5.74) is 34.4. The second-order valence-electron chi connectivity index (χ2n) is 37.6. The van der Waals surface area contributed by atoms with E-state index in [-0.39, 0.29) is 11.2 Å². The van der Waals surface area contributed by atoms with Gasteiger partial charge < -0.3 is 27.3 Å². The molecule has 0 atom stereocenters. The zero-order valence-corrected chi connectivity index (χ0v) is 81.8. The van der Waals surface area contributed by atoms with E-state index in [4.69, 9.17) is 27.3 Å². The Bertz CT molecular complexity index is 7840. The summed E-state index contributed by atoms with van der Waals surface area (Å²) in [6.07, 6.45) is 2.56. The van der Waals surface area contributed by atoms with Gasteiger partial charge in [-0.2, -0.15) is 0 Å². The zero-order chi connectivity index (χ0) is 93.7. The van der Waals surface area contributed by atoms with Gasteiger partial charge in [0.2, 0.25) is 0 Å². The number of furan rings is 3. The first-order valence-electron chi connectivity index (χ1n) is 47.3. The van der Waals surface area contributed by atoms with Gasteiger partial charge in [-0.1, -0.05) is 393 Å². The van der Waals surface area contributed by atoms with E-state index in [1.165, 1.54) is 134 Å². The van der Waals surface area contributed by atoms with Gasteiger partial charge in [0.1, 0.15) is 34.0 Å². The van der Waals surface area contributed by atoms with Crippen molar-refractivity contribution < 1.29 is 27.3 Å². The quantitative estimate of drug-likeness (QED) is 0.0846. The molecule has 2 aliphatic heterocycles. The van der Waals surface area contributed by atoms with Crippen LogP contribution in [0.15, 0.2) is 417 Å². The number of hydrogen-bond donors (Lipinski definition) is 0. The highest BCUT2D eigenvalue weighted by Crippen LogP contribution is 2.52. The summed E-state index contributed by atoms with van der Waals surface area (Å²) in [5.74, 6) is 2.66. The number of hydrogen-bond acceptors (Lipinski definition) is 6. The second kappa shape index (κ2) is 37.8. The van der Waals surface area contributed by atoms with E-state index in [1.807, 2.05) is 0 Å². The van der Waals surface area contributed by atoms with Crippen molar-refractivity contribution in [2.45, 2.75) is 93.3 Å². The SMILES string of the molecule is Brc1ccc2c(-c3ccccc3)c3cc(Br)ccc3c(-c3ccccc3)c2c1.C1CCOC1.Cc1ccc(-c2oc3cc(-c4ccc5c(-c6ccccc6)c6cc(-c7ccc8c(-c9ccc(C)cc9)c(-c9ccc(C)cc9)oc8c7)ccc6c(-c6ccccc6)c5c4)ccc3c2-c2ccc(C)cc2)cc1.Cc1ccc(-c2oc3cc(B4OC(C)(C)C(C)(C)O4)ccc3c2-c2ccc(C)cc2)cc1. The predicted molar refractivity (Wildman–Crippen MR) is 583 cm³/mol. The van der Waals surface area contributed by atoms with Gasteiger partial charge in [-0.05, 0) is 281 Å². The molecule has 2 saturated heterocycles. The Balaban J connectivity index is 0.000000140. The molecule has 0 aliphatic carbocycles. The molecule has 0 radical (unpaired) electrons. The van der Waals surface area contributed by atoms with Crippen molar-refractivity contribution in [2.75, 3.05) is 13.2 Å². The molecule has 0 saturated carbocycles. The highest BCUT2D eigenvalue weighted by Gasteiger charge is 2.52. The van der Waals surface area contributed by atoms with Gasteiger partial charge in [-0.15, -0.1) is 0 Å². The Morgan fingerprint density at radius 2 is 0.445 bits per heavy atom.